The fourth-order valence-electron chi connectivity index (χ4n) is 4.93. The number of hydrogen-bond donors (Lipinski definition) is 5. The summed E-state index contributed by atoms with van der Waals surface area (Å²) in [6, 6.07) is 6.82. The van der Waals surface area contributed by atoms with E-state index in [0.717, 1.165) is 38.6 Å². The number of carbonyl (C=O) groups is 2. The summed E-state index contributed by atoms with van der Waals surface area (Å²) >= 11 is 0. The Kier molecular flexibility index (Phi) is 19.5. The number of aliphatic hydroxyl groups excluding tert-OH is 1. The number of nitrogens with two attached hydrogens (primary N) is 1. The van der Waals surface area contributed by atoms with Crippen LogP contribution in [0, 0.1) is 17.3 Å². The normalized spacial score (nSPS) is 17.4. The van der Waals surface area contributed by atoms with Crippen LogP contribution in [-0.2, 0) is 9.53 Å². The number of para-hydroxylation sites is 1. The summed E-state index contributed by atoms with van der Waals surface area (Å²) in [7, 11) is 1.67. The Hall–Kier alpha value is -1.62. The lowest BCUT2D eigenvalue weighted by Gasteiger charge is -2.37. The van der Waals surface area contributed by atoms with Crippen molar-refractivity contribution in [2.24, 2.45) is 23.0 Å². The van der Waals surface area contributed by atoms with E-state index in [1.54, 1.807) is 19.2 Å². The number of carbonyl (C=O) groups excluding carboxylic acids is 2. The largest absolute Gasteiger partial charge is 0.493 e. The smallest absolute Gasteiger partial charge is 0.255 e. The molecule has 1 unspecified atom stereocenters. The van der Waals surface area contributed by atoms with Crippen molar-refractivity contribution in [2.75, 3.05) is 40.0 Å². The third kappa shape index (κ3) is 13.1. The molecule has 2 amide bonds. The molecular weight excluding hydrogens is 567 g/mol. The molecule has 1 aliphatic rings. The highest BCUT2D eigenvalue weighted by Gasteiger charge is 2.37. The lowest BCUT2D eigenvalue weighted by molar-refractivity contribution is -0.131. The van der Waals surface area contributed by atoms with Gasteiger partial charge in [-0.3, -0.25) is 9.59 Å². The number of nitrogens with one attached hydrogen (secondary N) is 3. The molecule has 0 aromatic heterocycles. The van der Waals surface area contributed by atoms with Crippen LogP contribution in [0.25, 0.3) is 0 Å². The lowest BCUT2D eigenvalue weighted by atomic mass is 9.79. The standard InChI is InChI=1S/C30H52N4O5.2ClH/c1-21(2)22(19-33-28(36)23-12-6-7-13-26(23)39-17-11-10-16-38-5)18-24(31)25(35)20-34-29(37)30(3,4)27-14-8-9-15-32-27;;/h6-7,12-13,21-22,24-25,27,32,35H,8-11,14-20,31H2,1-5H3,(H,33,36)(H,34,37);2*1H/t22-,24+,25+,27?;;/m1../s1. The second-order valence-electron chi connectivity index (χ2n) is 11.7. The van der Waals surface area contributed by atoms with Crippen molar-refractivity contribution >= 4 is 36.6 Å². The predicted molar refractivity (Wildman–Crippen MR) is 169 cm³/mol. The fourth-order valence-corrected chi connectivity index (χ4v) is 4.93. The number of unbranched alkanes of at least 4 members (excludes halogenated alkanes) is 1. The van der Waals surface area contributed by atoms with Gasteiger partial charge in [-0.05, 0) is 76.5 Å². The van der Waals surface area contributed by atoms with Crippen LogP contribution in [0.15, 0.2) is 24.3 Å². The molecule has 9 nitrogen and oxygen atoms in total. The number of piperidine rings is 1. The van der Waals surface area contributed by atoms with Gasteiger partial charge >= 0.3 is 0 Å². The van der Waals surface area contributed by atoms with E-state index in [4.69, 9.17) is 15.2 Å². The molecule has 1 aromatic carbocycles. The molecule has 0 radical (unpaired) electrons. The molecule has 0 bridgehead atoms. The maximum Gasteiger partial charge on any atom is 0.255 e. The van der Waals surface area contributed by atoms with E-state index in [-0.39, 0.29) is 61.1 Å². The van der Waals surface area contributed by atoms with Crippen LogP contribution >= 0.6 is 24.8 Å². The molecule has 6 N–H and O–H groups in total. The highest BCUT2D eigenvalue weighted by Crippen LogP contribution is 2.27. The Morgan fingerprint density at radius 3 is 2.41 bits per heavy atom. The van der Waals surface area contributed by atoms with E-state index in [1.165, 1.54) is 0 Å². The van der Waals surface area contributed by atoms with Crippen LogP contribution in [0.3, 0.4) is 0 Å². The highest BCUT2D eigenvalue weighted by atomic mass is 35.5. The quantitative estimate of drug-likeness (QED) is 0.168. The van der Waals surface area contributed by atoms with Gasteiger partial charge in [-0.25, -0.2) is 0 Å². The van der Waals surface area contributed by atoms with Gasteiger partial charge in [0.15, 0.2) is 0 Å². The van der Waals surface area contributed by atoms with Gasteiger partial charge in [0.2, 0.25) is 5.91 Å². The molecule has 1 aliphatic heterocycles. The van der Waals surface area contributed by atoms with E-state index >= 15 is 0 Å². The van der Waals surface area contributed by atoms with Gasteiger partial charge in [0.05, 0.1) is 23.7 Å². The van der Waals surface area contributed by atoms with Crippen LogP contribution in [0.2, 0.25) is 0 Å². The van der Waals surface area contributed by atoms with Gasteiger partial charge in [-0.1, -0.05) is 32.4 Å². The summed E-state index contributed by atoms with van der Waals surface area (Å²) < 4.78 is 10.9. The molecule has 238 valence electrons. The number of ether oxygens (including phenoxy) is 2. The SMILES string of the molecule is COCCCCOc1ccccc1C(=O)NC[C@@H](C[C@H](N)[C@@H](O)CNC(=O)C(C)(C)C1CCCCN1)C(C)C.Cl.Cl. The molecule has 41 heavy (non-hydrogen) atoms. The van der Waals surface area contributed by atoms with Crippen molar-refractivity contribution in [3.8, 4) is 5.75 Å². The van der Waals surface area contributed by atoms with Crippen LogP contribution in [-0.4, -0.2) is 75.1 Å². The first kappa shape index (κ1) is 39.4. The average Bonchev–Trinajstić information content (AvgIpc) is 2.93. The van der Waals surface area contributed by atoms with Gasteiger partial charge in [0, 0.05) is 38.9 Å². The zero-order chi connectivity index (χ0) is 28.8. The first-order valence-corrected chi connectivity index (χ1v) is 14.5. The highest BCUT2D eigenvalue weighted by molar-refractivity contribution is 5.96. The molecule has 2 rings (SSSR count). The number of rotatable bonds is 17. The molecule has 4 atom stereocenters. The van der Waals surface area contributed by atoms with E-state index in [9.17, 15) is 14.7 Å². The Bertz CT molecular complexity index is 884. The Morgan fingerprint density at radius 2 is 1.78 bits per heavy atom. The molecule has 1 aromatic rings. The van der Waals surface area contributed by atoms with Crippen molar-refractivity contribution < 1.29 is 24.2 Å². The van der Waals surface area contributed by atoms with Crippen LogP contribution in [0.4, 0.5) is 0 Å². The Labute approximate surface area is 259 Å². The van der Waals surface area contributed by atoms with Gasteiger partial charge in [0.1, 0.15) is 5.75 Å². The third-order valence-corrected chi connectivity index (χ3v) is 7.91. The van der Waals surface area contributed by atoms with Gasteiger partial charge in [-0.2, -0.15) is 0 Å². The van der Waals surface area contributed by atoms with Crippen LogP contribution < -0.4 is 26.4 Å². The summed E-state index contributed by atoms with van der Waals surface area (Å²) in [6.07, 6.45) is 4.58. The summed E-state index contributed by atoms with van der Waals surface area (Å²) in [5.41, 5.74) is 6.29. The second kappa shape index (κ2) is 20.3. The van der Waals surface area contributed by atoms with E-state index in [2.05, 4.69) is 29.8 Å². The molecule has 0 spiro atoms. The van der Waals surface area contributed by atoms with E-state index in [0.29, 0.717) is 37.5 Å². The summed E-state index contributed by atoms with van der Waals surface area (Å²) in [4.78, 5) is 25.9. The van der Waals surface area contributed by atoms with Crippen molar-refractivity contribution in [3.63, 3.8) is 0 Å². The molecule has 1 heterocycles. The topological polar surface area (TPSA) is 135 Å². The first-order valence-electron chi connectivity index (χ1n) is 14.5. The second-order valence-corrected chi connectivity index (χ2v) is 11.7. The van der Waals surface area contributed by atoms with Gasteiger partial charge in [0.25, 0.3) is 5.91 Å². The monoisotopic (exact) mass is 620 g/mol. The number of aliphatic hydroxyl groups is 1. The summed E-state index contributed by atoms with van der Waals surface area (Å²) in [5.74, 6) is 0.567. The van der Waals surface area contributed by atoms with Gasteiger partial charge < -0.3 is 36.3 Å². The summed E-state index contributed by atoms with van der Waals surface area (Å²) in [5, 5.41) is 20.1. The first-order chi connectivity index (χ1) is 18.6. The number of hydrogen-bond acceptors (Lipinski definition) is 7. The Morgan fingerprint density at radius 1 is 1.10 bits per heavy atom. The number of methoxy groups -OCH3 is 1. The zero-order valence-electron chi connectivity index (χ0n) is 25.4. The van der Waals surface area contributed by atoms with E-state index < -0.39 is 17.6 Å². The Balaban J connectivity index is 0.00000800. The average molecular weight is 622 g/mol. The summed E-state index contributed by atoms with van der Waals surface area (Å²) in [6.45, 7) is 10.7. The van der Waals surface area contributed by atoms with Crippen molar-refractivity contribution in [1.82, 2.24) is 16.0 Å². The van der Waals surface area contributed by atoms with Crippen LogP contribution in [0.5, 0.6) is 5.75 Å². The zero-order valence-corrected chi connectivity index (χ0v) is 27.1. The van der Waals surface area contributed by atoms with E-state index in [1.807, 2.05) is 26.0 Å². The molecule has 0 aliphatic carbocycles. The van der Waals surface area contributed by atoms with Crippen molar-refractivity contribution in [1.29, 1.82) is 0 Å². The van der Waals surface area contributed by atoms with Gasteiger partial charge in [-0.15, -0.1) is 24.8 Å². The fraction of sp³-hybridized carbons (Fsp3) is 0.733. The predicted octanol–water partition coefficient (Wildman–Crippen LogP) is 3.70. The minimum absolute atomic E-state index is 0. The van der Waals surface area contributed by atoms with Crippen LogP contribution in [0.1, 0.15) is 76.6 Å². The number of halogens is 2. The molecular formula is C30H54Cl2N4O5. The molecule has 11 heteroatoms. The molecule has 1 saturated heterocycles. The minimum Gasteiger partial charge on any atom is -0.493 e. The van der Waals surface area contributed by atoms with Crippen molar-refractivity contribution in [2.45, 2.75) is 84.4 Å². The number of amides is 2. The van der Waals surface area contributed by atoms with Crippen molar-refractivity contribution in [3.05, 3.63) is 29.8 Å². The molecule has 0 saturated carbocycles. The molecule has 1 fully saturated rings. The third-order valence-electron chi connectivity index (χ3n) is 7.91. The maximum absolute atomic E-state index is 13.0. The lowest BCUT2D eigenvalue weighted by Crippen LogP contribution is -2.54. The minimum atomic E-state index is -0.881. The maximum atomic E-state index is 13.0. The number of benzene rings is 1.